The van der Waals surface area contributed by atoms with Gasteiger partial charge in [-0.1, -0.05) is 19.9 Å². The molecular formula is C16H23F2NO. The predicted octanol–water partition coefficient (Wildman–Crippen LogP) is 3.39. The van der Waals surface area contributed by atoms with Crippen molar-refractivity contribution in [1.82, 2.24) is 5.32 Å². The minimum absolute atomic E-state index is 0.312. The van der Waals surface area contributed by atoms with Gasteiger partial charge in [0, 0.05) is 13.1 Å². The Morgan fingerprint density at radius 3 is 2.35 bits per heavy atom. The highest BCUT2D eigenvalue weighted by molar-refractivity contribution is 5.17. The summed E-state index contributed by atoms with van der Waals surface area (Å²) in [5.74, 6) is -1.66. The molecule has 0 heterocycles. The van der Waals surface area contributed by atoms with Gasteiger partial charge < -0.3 is 10.4 Å². The fourth-order valence-corrected chi connectivity index (χ4v) is 2.66. The molecule has 2 N–H and O–H groups in total. The molecule has 0 unspecified atom stereocenters. The number of benzene rings is 1. The van der Waals surface area contributed by atoms with Gasteiger partial charge in [-0.05, 0) is 48.8 Å². The maximum Gasteiger partial charge on any atom is 0.159 e. The van der Waals surface area contributed by atoms with Crippen LogP contribution in [0.4, 0.5) is 8.78 Å². The fourth-order valence-electron chi connectivity index (χ4n) is 2.66. The van der Waals surface area contributed by atoms with Crippen molar-refractivity contribution in [3.8, 4) is 0 Å². The zero-order valence-corrected chi connectivity index (χ0v) is 12.2. The molecule has 1 aromatic rings. The van der Waals surface area contributed by atoms with E-state index in [0.717, 1.165) is 31.7 Å². The van der Waals surface area contributed by atoms with Crippen molar-refractivity contribution in [3.63, 3.8) is 0 Å². The van der Waals surface area contributed by atoms with Crippen LogP contribution in [-0.2, 0) is 6.54 Å². The van der Waals surface area contributed by atoms with E-state index in [-0.39, 0.29) is 0 Å². The van der Waals surface area contributed by atoms with Crippen LogP contribution in [-0.4, -0.2) is 17.3 Å². The zero-order valence-electron chi connectivity index (χ0n) is 12.2. The van der Waals surface area contributed by atoms with Gasteiger partial charge in [-0.2, -0.15) is 0 Å². The number of halogens is 2. The Kier molecular flexibility index (Phi) is 4.45. The third-order valence-electron chi connectivity index (χ3n) is 4.30. The lowest BCUT2D eigenvalue weighted by Crippen LogP contribution is -2.44. The van der Waals surface area contributed by atoms with Gasteiger partial charge in [-0.15, -0.1) is 0 Å². The zero-order chi connectivity index (χ0) is 14.8. The number of hydrogen-bond donors (Lipinski definition) is 2. The second-order valence-electron chi connectivity index (χ2n) is 6.74. The maximum absolute atomic E-state index is 13.1. The van der Waals surface area contributed by atoms with E-state index in [0.29, 0.717) is 24.1 Å². The molecule has 0 aromatic heterocycles. The van der Waals surface area contributed by atoms with E-state index >= 15 is 0 Å². The van der Waals surface area contributed by atoms with Crippen LogP contribution in [0.1, 0.15) is 45.1 Å². The first-order chi connectivity index (χ1) is 9.30. The molecule has 1 aliphatic rings. The molecule has 0 atom stereocenters. The van der Waals surface area contributed by atoms with E-state index in [9.17, 15) is 13.9 Å². The molecule has 20 heavy (non-hydrogen) atoms. The highest BCUT2D eigenvalue weighted by atomic mass is 19.2. The number of rotatable bonds is 4. The molecule has 0 amide bonds. The minimum atomic E-state index is -0.832. The van der Waals surface area contributed by atoms with E-state index < -0.39 is 17.2 Å². The largest absolute Gasteiger partial charge is 0.389 e. The molecule has 0 aliphatic heterocycles. The summed E-state index contributed by atoms with van der Waals surface area (Å²) >= 11 is 0. The number of nitrogens with one attached hydrogen (secondary N) is 1. The summed E-state index contributed by atoms with van der Waals surface area (Å²) in [5, 5.41) is 13.6. The Morgan fingerprint density at radius 2 is 1.75 bits per heavy atom. The van der Waals surface area contributed by atoms with Gasteiger partial charge in [0.1, 0.15) is 0 Å². The SMILES string of the molecule is CC1(C)CCC(O)(CNCc2ccc(F)c(F)c2)CC1. The third-order valence-corrected chi connectivity index (χ3v) is 4.30. The van der Waals surface area contributed by atoms with Gasteiger partial charge in [0.15, 0.2) is 11.6 Å². The molecule has 0 saturated heterocycles. The topological polar surface area (TPSA) is 32.3 Å². The van der Waals surface area contributed by atoms with E-state index in [1.54, 1.807) is 6.07 Å². The first-order valence-corrected chi connectivity index (χ1v) is 7.17. The highest BCUT2D eigenvalue weighted by Gasteiger charge is 2.36. The molecule has 0 radical (unpaired) electrons. The van der Waals surface area contributed by atoms with Gasteiger partial charge in [0.25, 0.3) is 0 Å². The van der Waals surface area contributed by atoms with Crippen LogP contribution in [0.3, 0.4) is 0 Å². The average molecular weight is 283 g/mol. The van der Waals surface area contributed by atoms with E-state index in [2.05, 4.69) is 19.2 Å². The predicted molar refractivity (Wildman–Crippen MR) is 75.3 cm³/mol. The normalized spacial score (nSPS) is 20.9. The van der Waals surface area contributed by atoms with Crippen LogP contribution < -0.4 is 5.32 Å². The van der Waals surface area contributed by atoms with Crippen molar-refractivity contribution in [2.75, 3.05) is 6.54 Å². The first-order valence-electron chi connectivity index (χ1n) is 7.17. The van der Waals surface area contributed by atoms with Crippen LogP contribution in [0.15, 0.2) is 18.2 Å². The minimum Gasteiger partial charge on any atom is -0.389 e. The van der Waals surface area contributed by atoms with Crippen molar-refractivity contribution in [2.24, 2.45) is 5.41 Å². The maximum atomic E-state index is 13.1. The second-order valence-corrected chi connectivity index (χ2v) is 6.74. The van der Waals surface area contributed by atoms with E-state index in [1.807, 2.05) is 0 Å². The molecular weight excluding hydrogens is 260 g/mol. The van der Waals surface area contributed by atoms with Crippen molar-refractivity contribution in [1.29, 1.82) is 0 Å². The van der Waals surface area contributed by atoms with E-state index in [4.69, 9.17) is 0 Å². The number of hydrogen-bond acceptors (Lipinski definition) is 2. The van der Waals surface area contributed by atoms with Crippen LogP contribution in [0.25, 0.3) is 0 Å². The van der Waals surface area contributed by atoms with Crippen LogP contribution in [0.5, 0.6) is 0 Å². The van der Waals surface area contributed by atoms with Gasteiger partial charge in [-0.25, -0.2) is 8.78 Å². The summed E-state index contributed by atoms with van der Waals surface area (Å²) in [6.07, 6.45) is 3.59. The Morgan fingerprint density at radius 1 is 1.10 bits per heavy atom. The first kappa shape index (κ1) is 15.4. The Bertz CT molecular complexity index is 464. The lowest BCUT2D eigenvalue weighted by Gasteiger charge is -2.40. The molecule has 1 aromatic carbocycles. The van der Waals surface area contributed by atoms with Crippen LogP contribution in [0, 0.1) is 17.0 Å². The summed E-state index contributed by atoms with van der Waals surface area (Å²) in [6.45, 7) is 5.37. The summed E-state index contributed by atoms with van der Waals surface area (Å²) in [6, 6.07) is 3.87. The standard InChI is InChI=1S/C16H23F2NO/c1-15(2)5-7-16(20,8-6-15)11-19-10-12-3-4-13(17)14(18)9-12/h3-4,9,19-20H,5-8,10-11H2,1-2H3. The molecule has 1 fully saturated rings. The van der Waals surface area contributed by atoms with Gasteiger partial charge in [0.2, 0.25) is 0 Å². The smallest absolute Gasteiger partial charge is 0.159 e. The summed E-state index contributed by atoms with van der Waals surface area (Å²) in [7, 11) is 0. The van der Waals surface area contributed by atoms with Crippen molar-refractivity contribution < 1.29 is 13.9 Å². The van der Waals surface area contributed by atoms with E-state index in [1.165, 1.54) is 6.07 Å². The summed E-state index contributed by atoms with van der Waals surface area (Å²) in [4.78, 5) is 0. The Labute approximate surface area is 119 Å². The van der Waals surface area contributed by atoms with Gasteiger partial charge in [0.05, 0.1) is 5.60 Å². The lowest BCUT2D eigenvalue weighted by molar-refractivity contribution is -0.0245. The Balaban J connectivity index is 1.82. The Hall–Kier alpha value is -1.00. The quantitative estimate of drug-likeness (QED) is 0.888. The van der Waals surface area contributed by atoms with Crippen molar-refractivity contribution >= 4 is 0 Å². The number of aliphatic hydroxyl groups is 1. The molecule has 4 heteroatoms. The van der Waals surface area contributed by atoms with Crippen molar-refractivity contribution in [3.05, 3.63) is 35.4 Å². The van der Waals surface area contributed by atoms with Gasteiger partial charge >= 0.3 is 0 Å². The van der Waals surface area contributed by atoms with Gasteiger partial charge in [-0.3, -0.25) is 0 Å². The average Bonchev–Trinajstić information content (AvgIpc) is 2.38. The van der Waals surface area contributed by atoms with Crippen LogP contribution >= 0.6 is 0 Å². The van der Waals surface area contributed by atoms with Crippen molar-refractivity contribution in [2.45, 2.75) is 51.7 Å². The third kappa shape index (κ3) is 4.00. The molecule has 1 saturated carbocycles. The molecule has 0 bridgehead atoms. The molecule has 0 spiro atoms. The lowest BCUT2D eigenvalue weighted by atomic mass is 9.71. The van der Waals surface area contributed by atoms with Crippen LogP contribution in [0.2, 0.25) is 0 Å². The molecule has 112 valence electrons. The summed E-state index contributed by atoms with van der Waals surface area (Å²) < 4.78 is 25.9. The molecule has 2 rings (SSSR count). The molecule has 1 aliphatic carbocycles. The fraction of sp³-hybridized carbons (Fsp3) is 0.625. The summed E-state index contributed by atoms with van der Waals surface area (Å²) in [5.41, 5.74) is 0.323. The highest BCUT2D eigenvalue weighted by Crippen LogP contribution is 2.39. The molecule has 2 nitrogen and oxygen atoms in total. The monoisotopic (exact) mass is 283 g/mol. The second kappa shape index (κ2) is 5.78.